The maximum absolute atomic E-state index is 9.80. The Morgan fingerprint density at radius 1 is 1.15 bits per heavy atom. The highest BCUT2D eigenvalue weighted by Crippen LogP contribution is 2.30. The lowest BCUT2D eigenvalue weighted by Crippen LogP contribution is -2.23. The Labute approximate surface area is 150 Å². The van der Waals surface area contributed by atoms with Crippen LogP contribution in [0.3, 0.4) is 0 Å². The molecule has 0 aliphatic heterocycles. The van der Waals surface area contributed by atoms with Crippen molar-refractivity contribution in [3.8, 4) is 17.1 Å². The predicted octanol–water partition coefficient (Wildman–Crippen LogP) is 3.72. The molecule has 1 saturated carbocycles. The Bertz CT molecular complexity index is 1080. The van der Waals surface area contributed by atoms with Crippen LogP contribution < -0.4 is 5.32 Å². The van der Waals surface area contributed by atoms with Crippen LogP contribution in [-0.2, 0) is 0 Å². The van der Waals surface area contributed by atoms with Crippen LogP contribution in [0.5, 0.6) is 5.88 Å². The second-order valence-corrected chi connectivity index (χ2v) is 6.91. The molecule has 3 aromatic heterocycles. The van der Waals surface area contributed by atoms with Gasteiger partial charge in [0.2, 0.25) is 0 Å². The molecule has 7 heteroatoms. The van der Waals surface area contributed by atoms with Crippen molar-refractivity contribution in [3.63, 3.8) is 0 Å². The Hall–Kier alpha value is -3.09. The van der Waals surface area contributed by atoms with Gasteiger partial charge in [-0.2, -0.15) is 5.10 Å². The first-order chi connectivity index (χ1) is 12.8. The highest BCUT2D eigenvalue weighted by Gasteiger charge is 2.17. The molecule has 1 aliphatic rings. The number of aromatic hydroxyl groups is 1. The lowest BCUT2D eigenvalue weighted by molar-refractivity contribution is 0.462. The van der Waals surface area contributed by atoms with E-state index in [1.165, 1.54) is 32.1 Å². The van der Waals surface area contributed by atoms with Gasteiger partial charge in [0.1, 0.15) is 6.33 Å². The van der Waals surface area contributed by atoms with E-state index in [2.05, 4.69) is 25.4 Å². The number of fused-ring (bicyclic) bond motifs is 2. The van der Waals surface area contributed by atoms with Crippen LogP contribution in [0.1, 0.15) is 32.1 Å². The van der Waals surface area contributed by atoms with E-state index >= 15 is 0 Å². The molecule has 132 valence electrons. The summed E-state index contributed by atoms with van der Waals surface area (Å²) in [5.74, 6) is 0.973. The van der Waals surface area contributed by atoms with Gasteiger partial charge in [-0.3, -0.25) is 0 Å². The topological polar surface area (TPSA) is 91.1 Å². The number of aromatic amines is 1. The van der Waals surface area contributed by atoms with E-state index in [1.54, 1.807) is 12.5 Å². The number of rotatable bonds is 3. The van der Waals surface area contributed by atoms with Gasteiger partial charge in [-0.15, -0.1) is 0 Å². The molecular weight excluding hydrogens is 328 g/mol. The van der Waals surface area contributed by atoms with Gasteiger partial charge in [0.15, 0.2) is 17.3 Å². The molecule has 0 amide bonds. The number of nitrogens with one attached hydrogen (secondary N) is 2. The Kier molecular flexibility index (Phi) is 3.51. The summed E-state index contributed by atoms with van der Waals surface area (Å²) in [6, 6.07) is 6.33. The largest absolute Gasteiger partial charge is 0.494 e. The van der Waals surface area contributed by atoms with Crippen molar-refractivity contribution in [2.45, 2.75) is 38.1 Å². The second-order valence-electron chi connectivity index (χ2n) is 6.91. The number of anilines is 1. The summed E-state index contributed by atoms with van der Waals surface area (Å²) < 4.78 is 1.83. The van der Waals surface area contributed by atoms with Crippen molar-refractivity contribution in [2.24, 2.45) is 0 Å². The van der Waals surface area contributed by atoms with Crippen LogP contribution in [0.15, 0.2) is 36.9 Å². The van der Waals surface area contributed by atoms with Crippen molar-refractivity contribution in [3.05, 3.63) is 36.9 Å². The summed E-state index contributed by atoms with van der Waals surface area (Å²) in [4.78, 5) is 11.9. The standard InChI is InChI=1S/C19H20N6O/c26-19-15-7-6-12(8-13(15)9-21-19)16-10-20-17(18-22-11-23-25(16)18)24-14-4-2-1-3-5-14/h6-11,14,21,26H,1-5H2,(H,20,24). The third-order valence-corrected chi connectivity index (χ3v) is 5.22. The van der Waals surface area contributed by atoms with Gasteiger partial charge in [0, 0.05) is 28.6 Å². The first-order valence-electron chi connectivity index (χ1n) is 9.05. The predicted molar refractivity (Wildman–Crippen MR) is 100 cm³/mol. The molecule has 7 nitrogen and oxygen atoms in total. The van der Waals surface area contributed by atoms with Crippen LogP contribution in [0.4, 0.5) is 5.82 Å². The maximum Gasteiger partial charge on any atom is 0.198 e. The van der Waals surface area contributed by atoms with E-state index in [4.69, 9.17) is 0 Å². The fraction of sp³-hybridized carbons (Fsp3) is 0.316. The van der Waals surface area contributed by atoms with Crippen LogP contribution in [0, 0.1) is 0 Å². The number of benzene rings is 1. The maximum atomic E-state index is 9.80. The van der Waals surface area contributed by atoms with Gasteiger partial charge in [-0.25, -0.2) is 14.5 Å². The fourth-order valence-electron chi connectivity index (χ4n) is 3.84. The number of nitrogens with zero attached hydrogens (tertiary/aromatic N) is 4. The summed E-state index contributed by atoms with van der Waals surface area (Å²) in [7, 11) is 0. The summed E-state index contributed by atoms with van der Waals surface area (Å²) in [5.41, 5.74) is 2.59. The molecule has 0 unspecified atom stereocenters. The second kappa shape index (κ2) is 6.01. The first kappa shape index (κ1) is 15.2. The molecule has 0 atom stereocenters. The Morgan fingerprint density at radius 2 is 2.04 bits per heavy atom. The zero-order valence-corrected chi connectivity index (χ0v) is 14.3. The van der Waals surface area contributed by atoms with Gasteiger partial charge in [0.05, 0.1) is 11.9 Å². The highest BCUT2D eigenvalue weighted by atomic mass is 16.3. The minimum absolute atomic E-state index is 0.183. The van der Waals surface area contributed by atoms with Gasteiger partial charge < -0.3 is 15.4 Å². The van der Waals surface area contributed by atoms with E-state index in [9.17, 15) is 5.11 Å². The van der Waals surface area contributed by atoms with Gasteiger partial charge >= 0.3 is 0 Å². The molecule has 3 N–H and O–H groups in total. The third-order valence-electron chi connectivity index (χ3n) is 5.22. The fourth-order valence-corrected chi connectivity index (χ4v) is 3.84. The molecule has 1 aliphatic carbocycles. The molecule has 3 heterocycles. The molecule has 0 radical (unpaired) electrons. The van der Waals surface area contributed by atoms with Crippen molar-refractivity contribution < 1.29 is 5.11 Å². The summed E-state index contributed by atoms with van der Waals surface area (Å²) in [6.07, 6.45) is 11.4. The monoisotopic (exact) mass is 348 g/mol. The number of hydrogen-bond donors (Lipinski definition) is 3. The van der Waals surface area contributed by atoms with Crippen molar-refractivity contribution in [1.29, 1.82) is 0 Å². The molecule has 5 rings (SSSR count). The summed E-state index contributed by atoms with van der Waals surface area (Å²) in [5, 5.41) is 19.5. The molecule has 1 fully saturated rings. The molecule has 0 spiro atoms. The molecule has 26 heavy (non-hydrogen) atoms. The zero-order chi connectivity index (χ0) is 17.5. The van der Waals surface area contributed by atoms with Crippen molar-refractivity contribution in [1.82, 2.24) is 24.6 Å². The number of aromatic nitrogens is 5. The average molecular weight is 348 g/mol. The van der Waals surface area contributed by atoms with E-state index in [0.717, 1.165) is 33.5 Å². The van der Waals surface area contributed by atoms with E-state index in [0.29, 0.717) is 6.04 Å². The SMILES string of the molecule is Oc1[nH]cc2cc(-c3cnc(NC4CCCCC4)c4ncnn34)ccc12. The van der Waals surface area contributed by atoms with Gasteiger partial charge in [-0.05, 0) is 25.0 Å². The van der Waals surface area contributed by atoms with Crippen LogP contribution in [0.2, 0.25) is 0 Å². The van der Waals surface area contributed by atoms with E-state index in [-0.39, 0.29) is 5.88 Å². The van der Waals surface area contributed by atoms with Gasteiger partial charge in [0.25, 0.3) is 0 Å². The zero-order valence-electron chi connectivity index (χ0n) is 14.3. The first-order valence-corrected chi connectivity index (χ1v) is 9.05. The van der Waals surface area contributed by atoms with Crippen LogP contribution >= 0.6 is 0 Å². The van der Waals surface area contributed by atoms with E-state index < -0.39 is 0 Å². The van der Waals surface area contributed by atoms with Crippen LogP contribution in [-0.4, -0.2) is 35.7 Å². The molecule has 0 bridgehead atoms. The number of H-pyrrole nitrogens is 1. The molecule has 1 aromatic carbocycles. The van der Waals surface area contributed by atoms with E-state index in [1.807, 2.05) is 28.9 Å². The van der Waals surface area contributed by atoms with Crippen LogP contribution in [0.25, 0.3) is 27.7 Å². The smallest absolute Gasteiger partial charge is 0.198 e. The molecule has 0 saturated heterocycles. The highest BCUT2D eigenvalue weighted by molar-refractivity contribution is 5.91. The third kappa shape index (κ3) is 2.47. The lowest BCUT2D eigenvalue weighted by atomic mass is 9.95. The minimum atomic E-state index is 0.183. The minimum Gasteiger partial charge on any atom is -0.494 e. The molecule has 4 aromatic rings. The molecular formula is C19H20N6O. The normalized spacial score (nSPS) is 15.7. The quantitative estimate of drug-likeness (QED) is 0.525. The van der Waals surface area contributed by atoms with Crippen molar-refractivity contribution >= 4 is 22.2 Å². The summed E-state index contributed by atoms with van der Waals surface area (Å²) in [6.45, 7) is 0. The average Bonchev–Trinajstić information content (AvgIpc) is 3.30. The number of hydrogen-bond acceptors (Lipinski definition) is 5. The summed E-state index contributed by atoms with van der Waals surface area (Å²) >= 11 is 0. The van der Waals surface area contributed by atoms with Gasteiger partial charge in [-0.1, -0.05) is 25.3 Å². The Balaban J connectivity index is 1.56. The lowest BCUT2D eigenvalue weighted by Gasteiger charge is -2.23. The van der Waals surface area contributed by atoms with Crippen molar-refractivity contribution in [2.75, 3.05) is 5.32 Å². The Morgan fingerprint density at radius 3 is 2.92 bits per heavy atom.